The lowest BCUT2D eigenvalue weighted by Crippen LogP contribution is -2.41. The third-order valence-corrected chi connectivity index (χ3v) is 3.83. The van der Waals surface area contributed by atoms with Gasteiger partial charge in [-0.2, -0.15) is 0 Å². The maximum absolute atomic E-state index is 12.5. The van der Waals surface area contributed by atoms with Gasteiger partial charge < -0.3 is 9.84 Å². The number of methoxy groups -OCH3 is 1. The lowest BCUT2D eigenvalue weighted by atomic mass is 9.67. The summed E-state index contributed by atoms with van der Waals surface area (Å²) in [4.78, 5) is 28.9. The van der Waals surface area contributed by atoms with E-state index in [4.69, 9.17) is 4.74 Å². The van der Waals surface area contributed by atoms with Crippen molar-refractivity contribution in [1.29, 1.82) is 0 Å². The summed E-state index contributed by atoms with van der Waals surface area (Å²) < 4.78 is 4.80. The minimum atomic E-state index is -0.851. The van der Waals surface area contributed by atoms with Crippen molar-refractivity contribution in [1.82, 2.24) is 0 Å². The lowest BCUT2D eigenvalue weighted by molar-refractivity contribution is -0.150. The second-order valence-electron chi connectivity index (χ2n) is 6.13. The molecule has 0 amide bonds. The summed E-state index contributed by atoms with van der Waals surface area (Å²) in [6.45, 7) is 9.50. The number of ether oxygens (including phenoxy) is 1. The van der Waals surface area contributed by atoms with Crippen LogP contribution in [0.15, 0.2) is 29.0 Å². The van der Waals surface area contributed by atoms with Crippen molar-refractivity contribution in [2.75, 3.05) is 13.7 Å². The normalized spacial score (nSPS) is 21.7. The monoisotopic (exact) mass is 307 g/mol. The average molecular weight is 307 g/mol. The zero-order chi connectivity index (χ0) is 16.9. The summed E-state index contributed by atoms with van der Waals surface area (Å²) in [6, 6.07) is 0. The van der Waals surface area contributed by atoms with Crippen molar-refractivity contribution >= 4 is 17.5 Å². The van der Waals surface area contributed by atoms with Gasteiger partial charge in [0.15, 0.2) is 5.78 Å². The van der Waals surface area contributed by atoms with Crippen LogP contribution in [0.5, 0.6) is 0 Å². The number of rotatable bonds is 6. The molecule has 5 nitrogen and oxygen atoms in total. The molecule has 1 aliphatic rings. The van der Waals surface area contributed by atoms with Gasteiger partial charge >= 0.3 is 5.97 Å². The molecule has 122 valence electrons. The Morgan fingerprint density at radius 1 is 1.55 bits per heavy atom. The number of nitrogens with zero attached hydrogens (tertiary/aromatic N) is 1. The molecule has 0 aliphatic heterocycles. The Bertz CT molecular complexity index is 529. The van der Waals surface area contributed by atoms with Gasteiger partial charge in [-0.3, -0.25) is 14.6 Å². The van der Waals surface area contributed by atoms with Crippen molar-refractivity contribution < 1.29 is 19.4 Å². The predicted octanol–water partition coefficient (Wildman–Crippen LogP) is 3.01. The second kappa shape index (κ2) is 7.38. The van der Waals surface area contributed by atoms with Crippen LogP contribution >= 0.6 is 0 Å². The number of allylic oxidation sites excluding steroid dienone is 1. The Labute approximate surface area is 131 Å². The van der Waals surface area contributed by atoms with Crippen molar-refractivity contribution in [3.8, 4) is 0 Å². The molecule has 0 heterocycles. The minimum absolute atomic E-state index is 0.170. The summed E-state index contributed by atoms with van der Waals surface area (Å²) in [5, 5.41) is 10.6. The average Bonchev–Trinajstić information content (AvgIpc) is 2.42. The van der Waals surface area contributed by atoms with E-state index in [1.165, 1.54) is 7.11 Å². The Hall–Kier alpha value is -1.91. The molecule has 0 bridgehead atoms. The fraction of sp³-hybridized carbons (Fsp3) is 0.588. The molecular formula is C17H25NO4. The highest BCUT2D eigenvalue weighted by Crippen LogP contribution is 2.42. The zero-order valence-electron chi connectivity index (χ0n) is 13.8. The van der Waals surface area contributed by atoms with E-state index in [1.54, 1.807) is 19.9 Å². The number of hydrogen-bond acceptors (Lipinski definition) is 5. The molecule has 0 aromatic carbocycles. The van der Waals surface area contributed by atoms with Crippen LogP contribution in [0.3, 0.4) is 0 Å². The number of hydrogen-bond donors (Lipinski definition) is 1. The summed E-state index contributed by atoms with van der Waals surface area (Å²) in [6.07, 6.45) is 3.14. The summed E-state index contributed by atoms with van der Waals surface area (Å²) in [7, 11) is 1.28. The number of carbonyl (C=O) groups excluding carboxylic acids is 2. The van der Waals surface area contributed by atoms with Crippen LogP contribution in [-0.2, 0) is 14.3 Å². The van der Waals surface area contributed by atoms with Gasteiger partial charge in [-0.1, -0.05) is 33.3 Å². The van der Waals surface area contributed by atoms with E-state index in [0.717, 1.165) is 6.42 Å². The van der Waals surface area contributed by atoms with E-state index in [9.17, 15) is 14.7 Å². The fourth-order valence-corrected chi connectivity index (χ4v) is 2.81. The minimum Gasteiger partial charge on any atom is -0.511 e. The van der Waals surface area contributed by atoms with E-state index in [-0.39, 0.29) is 23.5 Å². The predicted molar refractivity (Wildman–Crippen MR) is 86.0 cm³/mol. The van der Waals surface area contributed by atoms with E-state index in [2.05, 4.69) is 11.6 Å². The van der Waals surface area contributed by atoms with Gasteiger partial charge in [0, 0.05) is 12.1 Å². The number of aliphatic hydroxyl groups excluding tert-OH is 1. The van der Waals surface area contributed by atoms with Crippen LogP contribution in [0.2, 0.25) is 0 Å². The first-order valence-corrected chi connectivity index (χ1v) is 7.48. The maximum Gasteiger partial charge on any atom is 0.316 e. The van der Waals surface area contributed by atoms with E-state index in [0.29, 0.717) is 18.7 Å². The molecular weight excluding hydrogens is 282 g/mol. The van der Waals surface area contributed by atoms with Gasteiger partial charge in [0.2, 0.25) is 0 Å². The molecule has 0 aromatic rings. The number of aliphatic imine (C=N–C) groups is 1. The molecule has 0 fully saturated rings. The number of aliphatic hydroxyl groups is 1. The Balaban J connectivity index is 3.43. The number of Topliss-reactive ketones (excluding diaryl/α,β-unsaturated/α-hetero) is 1. The summed E-state index contributed by atoms with van der Waals surface area (Å²) in [5.74, 6) is -1.79. The third kappa shape index (κ3) is 3.64. The van der Waals surface area contributed by atoms with Gasteiger partial charge in [-0.25, -0.2) is 0 Å². The van der Waals surface area contributed by atoms with Crippen molar-refractivity contribution in [2.24, 2.45) is 16.3 Å². The van der Waals surface area contributed by atoms with Crippen LogP contribution in [-0.4, -0.2) is 36.2 Å². The highest BCUT2D eigenvalue weighted by Gasteiger charge is 2.47. The van der Waals surface area contributed by atoms with Crippen LogP contribution in [0.25, 0.3) is 0 Å². The van der Waals surface area contributed by atoms with Crippen molar-refractivity contribution in [2.45, 2.75) is 40.0 Å². The van der Waals surface area contributed by atoms with E-state index < -0.39 is 17.3 Å². The van der Waals surface area contributed by atoms with Crippen LogP contribution in [0.4, 0.5) is 0 Å². The number of esters is 1. The molecule has 0 saturated heterocycles. The molecule has 0 aromatic heterocycles. The fourth-order valence-electron chi connectivity index (χ4n) is 2.81. The molecule has 5 heteroatoms. The quantitative estimate of drug-likeness (QED) is 0.465. The Kier molecular flexibility index (Phi) is 6.09. The lowest BCUT2D eigenvalue weighted by Gasteiger charge is -2.36. The maximum atomic E-state index is 12.5. The van der Waals surface area contributed by atoms with Gasteiger partial charge in [0.05, 0.1) is 19.2 Å². The molecule has 22 heavy (non-hydrogen) atoms. The highest BCUT2D eigenvalue weighted by atomic mass is 16.5. The zero-order valence-corrected chi connectivity index (χ0v) is 13.8. The number of carbonyl (C=O) groups is 2. The molecule has 1 aliphatic carbocycles. The standard InChI is InChI=1S/C17H25NO4/c1-6-8-11(18-9-7-2)13-12(19)10-17(3,4)14(15(13)20)16(21)22-5/h7,14,20H,2,6,8-10H2,1,3-5H3. The second-order valence-corrected chi connectivity index (χ2v) is 6.13. The Morgan fingerprint density at radius 3 is 2.68 bits per heavy atom. The van der Waals surface area contributed by atoms with Crippen LogP contribution < -0.4 is 0 Å². The summed E-state index contributed by atoms with van der Waals surface area (Å²) >= 11 is 0. The molecule has 1 unspecified atom stereocenters. The van der Waals surface area contributed by atoms with Gasteiger partial charge in [0.1, 0.15) is 11.7 Å². The molecule has 0 saturated carbocycles. The largest absolute Gasteiger partial charge is 0.511 e. The Morgan fingerprint density at radius 2 is 2.18 bits per heavy atom. The van der Waals surface area contributed by atoms with Crippen LogP contribution in [0.1, 0.15) is 40.0 Å². The van der Waals surface area contributed by atoms with Crippen molar-refractivity contribution in [3.63, 3.8) is 0 Å². The molecule has 0 spiro atoms. The van der Waals surface area contributed by atoms with Crippen molar-refractivity contribution in [3.05, 3.63) is 24.0 Å². The first kappa shape index (κ1) is 18.1. The summed E-state index contributed by atoms with van der Waals surface area (Å²) in [5.41, 5.74) is 0.0285. The SMILES string of the molecule is C=CCN=C(CCC)C1=C(O)C(C(=O)OC)C(C)(C)CC1=O. The van der Waals surface area contributed by atoms with Gasteiger partial charge in [-0.15, -0.1) is 6.58 Å². The smallest absolute Gasteiger partial charge is 0.316 e. The molecule has 1 N–H and O–H groups in total. The van der Waals surface area contributed by atoms with E-state index in [1.807, 2.05) is 6.92 Å². The topological polar surface area (TPSA) is 76.0 Å². The number of ketones is 1. The molecule has 0 radical (unpaired) electrons. The highest BCUT2D eigenvalue weighted by molar-refractivity contribution is 6.23. The van der Waals surface area contributed by atoms with Gasteiger partial charge in [0.25, 0.3) is 0 Å². The first-order chi connectivity index (χ1) is 10.3. The third-order valence-electron chi connectivity index (χ3n) is 3.83. The molecule has 1 rings (SSSR count). The van der Waals surface area contributed by atoms with Crippen LogP contribution in [0, 0.1) is 11.3 Å². The van der Waals surface area contributed by atoms with Gasteiger partial charge in [-0.05, 0) is 11.8 Å². The van der Waals surface area contributed by atoms with E-state index >= 15 is 0 Å². The first-order valence-electron chi connectivity index (χ1n) is 7.48. The molecule has 1 atom stereocenters.